The Bertz CT molecular complexity index is 642. The summed E-state index contributed by atoms with van der Waals surface area (Å²) in [5.74, 6) is -2.30. The second-order valence-electron chi connectivity index (χ2n) is 4.84. The van der Waals surface area contributed by atoms with Crippen molar-refractivity contribution in [1.29, 1.82) is 0 Å². The normalized spacial score (nSPS) is 10.9. The quantitative estimate of drug-likeness (QED) is 0.499. The molecule has 0 unspecified atom stereocenters. The van der Waals surface area contributed by atoms with Crippen molar-refractivity contribution in [2.75, 3.05) is 6.61 Å². The van der Waals surface area contributed by atoms with Crippen molar-refractivity contribution in [2.24, 2.45) is 0 Å². The summed E-state index contributed by atoms with van der Waals surface area (Å²) in [5.41, 5.74) is 0.372. The van der Waals surface area contributed by atoms with Crippen LogP contribution < -0.4 is 9.47 Å². The molecule has 0 amide bonds. The lowest BCUT2D eigenvalue weighted by atomic mass is 10.0. The van der Waals surface area contributed by atoms with Gasteiger partial charge < -0.3 is 9.47 Å². The van der Waals surface area contributed by atoms with Crippen LogP contribution in [0.5, 0.6) is 11.5 Å². The minimum Gasteiger partial charge on any atom is -0.490 e. The fourth-order valence-corrected chi connectivity index (χ4v) is 2.01. The highest BCUT2D eigenvalue weighted by Gasteiger charge is 2.16. The Balaban J connectivity index is 2.21. The van der Waals surface area contributed by atoms with Gasteiger partial charge in [-0.3, -0.25) is 0 Å². The van der Waals surface area contributed by atoms with E-state index in [0.717, 1.165) is 12.8 Å². The number of rotatable bonds is 7. The largest absolute Gasteiger partial charge is 0.490 e. The van der Waals surface area contributed by atoms with Gasteiger partial charge in [0.15, 0.2) is 11.6 Å². The molecule has 0 aliphatic rings. The standard InChI is InChI=1S/C17H16F4O2/c1-2-3-10-22-14-9-8-13(15(18)16(14)19)11-4-6-12(7-5-11)23-17(20)21/h4-9,17H,2-3,10H2,1H3. The van der Waals surface area contributed by atoms with E-state index in [1.807, 2.05) is 6.92 Å². The van der Waals surface area contributed by atoms with Crippen molar-refractivity contribution >= 4 is 0 Å². The summed E-state index contributed by atoms with van der Waals surface area (Å²) in [7, 11) is 0. The first-order valence-electron chi connectivity index (χ1n) is 7.19. The molecule has 0 fully saturated rings. The van der Waals surface area contributed by atoms with Crippen LogP contribution in [0.4, 0.5) is 17.6 Å². The molecule has 0 heterocycles. The third-order valence-corrected chi connectivity index (χ3v) is 3.19. The van der Waals surface area contributed by atoms with E-state index in [0.29, 0.717) is 12.2 Å². The summed E-state index contributed by atoms with van der Waals surface area (Å²) in [5, 5.41) is 0. The van der Waals surface area contributed by atoms with Gasteiger partial charge in [-0.05, 0) is 36.2 Å². The minimum absolute atomic E-state index is 0.0222. The smallest absolute Gasteiger partial charge is 0.387 e. The van der Waals surface area contributed by atoms with Gasteiger partial charge in [-0.1, -0.05) is 25.5 Å². The molecule has 2 aromatic carbocycles. The fourth-order valence-electron chi connectivity index (χ4n) is 2.01. The van der Waals surface area contributed by atoms with E-state index in [1.165, 1.54) is 36.4 Å². The van der Waals surface area contributed by atoms with E-state index < -0.39 is 18.2 Å². The fraction of sp³-hybridized carbons (Fsp3) is 0.294. The first-order valence-corrected chi connectivity index (χ1v) is 7.19. The molecule has 0 radical (unpaired) electrons. The Morgan fingerprint density at radius 1 is 0.957 bits per heavy atom. The maximum absolute atomic E-state index is 14.2. The maximum atomic E-state index is 14.2. The Hall–Kier alpha value is -2.24. The van der Waals surface area contributed by atoms with Gasteiger partial charge >= 0.3 is 6.61 Å². The average molecular weight is 328 g/mol. The number of hydrogen-bond donors (Lipinski definition) is 0. The Kier molecular flexibility index (Phi) is 5.84. The Labute approximate surface area is 131 Å². The van der Waals surface area contributed by atoms with Crippen molar-refractivity contribution < 1.29 is 27.0 Å². The van der Waals surface area contributed by atoms with Gasteiger partial charge in [-0.15, -0.1) is 0 Å². The molecule has 2 nitrogen and oxygen atoms in total. The average Bonchev–Trinajstić information content (AvgIpc) is 2.52. The predicted molar refractivity (Wildman–Crippen MR) is 78.8 cm³/mol. The summed E-state index contributed by atoms with van der Waals surface area (Å²) >= 11 is 0. The molecule has 0 bridgehead atoms. The zero-order chi connectivity index (χ0) is 16.8. The van der Waals surface area contributed by atoms with E-state index >= 15 is 0 Å². The highest BCUT2D eigenvalue weighted by molar-refractivity contribution is 5.66. The third kappa shape index (κ3) is 4.37. The molecular formula is C17H16F4O2. The van der Waals surface area contributed by atoms with Gasteiger partial charge in [0.25, 0.3) is 0 Å². The van der Waals surface area contributed by atoms with Crippen molar-refractivity contribution in [2.45, 2.75) is 26.4 Å². The highest BCUT2D eigenvalue weighted by atomic mass is 19.3. The van der Waals surface area contributed by atoms with Crippen molar-refractivity contribution in [1.82, 2.24) is 0 Å². The van der Waals surface area contributed by atoms with Crippen LogP contribution in [0.25, 0.3) is 11.1 Å². The summed E-state index contributed by atoms with van der Waals surface area (Å²) in [6.45, 7) is -0.661. The highest BCUT2D eigenvalue weighted by Crippen LogP contribution is 2.31. The summed E-state index contributed by atoms with van der Waals surface area (Å²) in [6, 6.07) is 8.05. The molecule has 23 heavy (non-hydrogen) atoms. The zero-order valence-electron chi connectivity index (χ0n) is 12.5. The lowest BCUT2D eigenvalue weighted by Gasteiger charge is -2.11. The number of hydrogen-bond acceptors (Lipinski definition) is 2. The molecule has 0 N–H and O–H groups in total. The van der Waals surface area contributed by atoms with Gasteiger partial charge in [0.05, 0.1) is 6.61 Å². The number of ether oxygens (including phenoxy) is 2. The molecule has 0 saturated heterocycles. The second kappa shape index (κ2) is 7.85. The van der Waals surface area contributed by atoms with Crippen LogP contribution in [0, 0.1) is 11.6 Å². The van der Waals surface area contributed by atoms with Crippen LogP contribution >= 0.6 is 0 Å². The Morgan fingerprint density at radius 3 is 2.26 bits per heavy atom. The molecule has 0 atom stereocenters. The van der Waals surface area contributed by atoms with E-state index in [9.17, 15) is 17.6 Å². The molecule has 2 aromatic rings. The van der Waals surface area contributed by atoms with Crippen molar-refractivity contribution in [3.05, 3.63) is 48.0 Å². The van der Waals surface area contributed by atoms with Gasteiger partial charge in [0.1, 0.15) is 5.75 Å². The van der Waals surface area contributed by atoms with Crippen LogP contribution in [-0.2, 0) is 0 Å². The summed E-state index contributed by atoms with van der Waals surface area (Å²) < 4.78 is 61.7. The first kappa shape index (κ1) is 17.1. The summed E-state index contributed by atoms with van der Waals surface area (Å²) in [6.07, 6.45) is 1.63. The number of unbranched alkanes of at least 4 members (excludes halogenated alkanes) is 1. The van der Waals surface area contributed by atoms with E-state index in [1.54, 1.807) is 0 Å². The van der Waals surface area contributed by atoms with Crippen LogP contribution in [-0.4, -0.2) is 13.2 Å². The first-order chi connectivity index (χ1) is 11.0. The zero-order valence-corrected chi connectivity index (χ0v) is 12.5. The van der Waals surface area contributed by atoms with E-state index in [2.05, 4.69) is 4.74 Å². The number of halogens is 4. The van der Waals surface area contributed by atoms with Gasteiger partial charge in [-0.25, -0.2) is 4.39 Å². The maximum Gasteiger partial charge on any atom is 0.387 e. The monoisotopic (exact) mass is 328 g/mol. The van der Waals surface area contributed by atoms with Gasteiger partial charge in [-0.2, -0.15) is 13.2 Å². The molecule has 124 valence electrons. The predicted octanol–water partition coefficient (Wildman–Crippen LogP) is 5.41. The van der Waals surface area contributed by atoms with E-state index in [-0.39, 0.29) is 17.1 Å². The molecule has 0 spiro atoms. The van der Waals surface area contributed by atoms with E-state index in [4.69, 9.17) is 4.74 Å². The topological polar surface area (TPSA) is 18.5 Å². The lowest BCUT2D eigenvalue weighted by Crippen LogP contribution is -2.02. The molecular weight excluding hydrogens is 312 g/mol. The van der Waals surface area contributed by atoms with Crippen molar-refractivity contribution in [3.63, 3.8) is 0 Å². The number of benzene rings is 2. The van der Waals surface area contributed by atoms with Crippen molar-refractivity contribution in [3.8, 4) is 22.6 Å². The van der Waals surface area contributed by atoms with Gasteiger partial charge in [0.2, 0.25) is 5.82 Å². The lowest BCUT2D eigenvalue weighted by molar-refractivity contribution is -0.0498. The minimum atomic E-state index is -2.94. The molecule has 0 aliphatic carbocycles. The third-order valence-electron chi connectivity index (χ3n) is 3.19. The van der Waals surface area contributed by atoms with Crippen LogP contribution in [0.3, 0.4) is 0 Å². The molecule has 2 rings (SSSR count). The van der Waals surface area contributed by atoms with Crippen LogP contribution in [0.2, 0.25) is 0 Å². The Morgan fingerprint density at radius 2 is 1.65 bits per heavy atom. The van der Waals surface area contributed by atoms with Gasteiger partial charge in [0, 0.05) is 5.56 Å². The molecule has 0 aromatic heterocycles. The second-order valence-corrected chi connectivity index (χ2v) is 4.84. The molecule has 0 aliphatic heterocycles. The van der Waals surface area contributed by atoms with Crippen LogP contribution in [0.15, 0.2) is 36.4 Å². The molecule has 6 heteroatoms. The number of alkyl halides is 2. The summed E-state index contributed by atoms with van der Waals surface area (Å²) in [4.78, 5) is 0. The SMILES string of the molecule is CCCCOc1ccc(-c2ccc(OC(F)F)cc2)c(F)c1F. The molecule has 0 saturated carbocycles. The van der Waals surface area contributed by atoms with Crippen LogP contribution in [0.1, 0.15) is 19.8 Å².